The summed E-state index contributed by atoms with van der Waals surface area (Å²) in [5.41, 5.74) is 0. The van der Waals surface area contributed by atoms with Gasteiger partial charge in [0, 0.05) is 18.6 Å². The first kappa shape index (κ1) is 17.9. The summed E-state index contributed by atoms with van der Waals surface area (Å²) in [6.07, 6.45) is 5.25. The molecule has 0 spiro atoms. The van der Waals surface area contributed by atoms with Gasteiger partial charge in [-0.25, -0.2) is 0 Å². The van der Waals surface area contributed by atoms with Gasteiger partial charge in [-0.05, 0) is 78.7 Å². The van der Waals surface area contributed by atoms with Gasteiger partial charge in [0.05, 0.1) is 0 Å². The minimum atomic E-state index is 0.674. The Morgan fingerprint density at radius 1 is 1.30 bits per heavy atom. The molecule has 20 heavy (non-hydrogen) atoms. The lowest BCUT2D eigenvalue weighted by atomic mass is 10.0. The summed E-state index contributed by atoms with van der Waals surface area (Å²) >= 11 is 0. The Kier molecular flexibility index (Phi) is 8.74. The highest BCUT2D eigenvalue weighted by Crippen LogP contribution is 2.10. The molecular formula is C17H37N3. The Bertz CT molecular complexity index is 242. The molecule has 0 bridgehead atoms. The second kappa shape index (κ2) is 9.75. The van der Waals surface area contributed by atoms with E-state index in [0.29, 0.717) is 6.04 Å². The van der Waals surface area contributed by atoms with Crippen molar-refractivity contribution in [2.75, 3.05) is 39.8 Å². The van der Waals surface area contributed by atoms with Crippen molar-refractivity contribution in [1.29, 1.82) is 0 Å². The molecule has 0 aromatic rings. The van der Waals surface area contributed by atoms with Gasteiger partial charge in [0.2, 0.25) is 0 Å². The summed E-state index contributed by atoms with van der Waals surface area (Å²) in [6, 6.07) is 1.40. The molecule has 0 amide bonds. The van der Waals surface area contributed by atoms with Crippen LogP contribution in [0, 0.1) is 5.92 Å². The van der Waals surface area contributed by atoms with Crippen LogP contribution in [0.25, 0.3) is 0 Å². The van der Waals surface area contributed by atoms with Gasteiger partial charge >= 0.3 is 0 Å². The molecule has 3 heteroatoms. The molecule has 0 aromatic carbocycles. The van der Waals surface area contributed by atoms with Crippen LogP contribution >= 0.6 is 0 Å². The average molecular weight is 284 g/mol. The normalized spacial score (nSPS) is 25.9. The quantitative estimate of drug-likeness (QED) is 0.725. The fraction of sp³-hybridized carbons (Fsp3) is 1.00. The molecule has 2 atom stereocenters. The van der Waals surface area contributed by atoms with Crippen molar-refractivity contribution >= 4 is 0 Å². The molecule has 1 fully saturated rings. The van der Waals surface area contributed by atoms with E-state index in [9.17, 15) is 0 Å². The van der Waals surface area contributed by atoms with Crippen LogP contribution in [0.5, 0.6) is 0 Å². The van der Waals surface area contributed by atoms with Crippen molar-refractivity contribution in [1.82, 2.24) is 15.1 Å². The highest BCUT2D eigenvalue weighted by Gasteiger charge is 2.17. The maximum atomic E-state index is 3.70. The summed E-state index contributed by atoms with van der Waals surface area (Å²) in [5, 5.41) is 3.70. The molecule has 0 saturated carbocycles. The highest BCUT2D eigenvalue weighted by molar-refractivity contribution is 4.75. The third-order valence-electron chi connectivity index (χ3n) is 4.73. The van der Waals surface area contributed by atoms with Gasteiger partial charge in [-0.3, -0.25) is 0 Å². The Balaban J connectivity index is 2.23. The molecule has 1 N–H and O–H groups in total. The number of hydrogen-bond donors (Lipinski definition) is 1. The molecule has 0 aliphatic carbocycles. The Hall–Kier alpha value is -0.120. The number of unbranched alkanes of at least 4 members (excludes halogenated alkanes) is 1. The van der Waals surface area contributed by atoms with Gasteiger partial charge in [-0.15, -0.1) is 0 Å². The summed E-state index contributed by atoms with van der Waals surface area (Å²) in [5.74, 6) is 0.780. The van der Waals surface area contributed by atoms with E-state index in [1.807, 2.05) is 0 Å². The van der Waals surface area contributed by atoms with E-state index in [0.717, 1.165) is 12.0 Å². The summed E-state index contributed by atoms with van der Waals surface area (Å²) < 4.78 is 0. The van der Waals surface area contributed by atoms with Crippen molar-refractivity contribution in [2.45, 2.75) is 65.5 Å². The zero-order valence-corrected chi connectivity index (χ0v) is 14.5. The second-order valence-corrected chi connectivity index (χ2v) is 6.99. The van der Waals surface area contributed by atoms with E-state index in [-0.39, 0.29) is 0 Å². The maximum Gasteiger partial charge on any atom is 0.00767 e. The Morgan fingerprint density at radius 2 is 2.05 bits per heavy atom. The predicted molar refractivity (Wildman–Crippen MR) is 89.3 cm³/mol. The molecule has 2 unspecified atom stereocenters. The number of hydrogen-bond acceptors (Lipinski definition) is 3. The molecule has 1 aliphatic heterocycles. The van der Waals surface area contributed by atoms with Crippen LogP contribution in [0.1, 0.15) is 53.4 Å². The van der Waals surface area contributed by atoms with Crippen LogP contribution < -0.4 is 5.32 Å². The van der Waals surface area contributed by atoms with Gasteiger partial charge in [0.15, 0.2) is 0 Å². The average Bonchev–Trinajstić information content (AvgIpc) is 2.40. The van der Waals surface area contributed by atoms with Gasteiger partial charge in [0.1, 0.15) is 0 Å². The lowest BCUT2D eigenvalue weighted by molar-refractivity contribution is 0.189. The first-order valence-corrected chi connectivity index (χ1v) is 8.68. The molecule has 0 radical (unpaired) electrons. The Labute approximate surface area is 127 Å². The SMILES string of the molecule is CCC1CCN(CCCCN(C)C(C)C)CC(C)CN1. The molecule has 1 saturated heterocycles. The largest absolute Gasteiger partial charge is 0.314 e. The maximum absolute atomic E-state index is 3.70. The smallest absolute Gasteiger partial charge is 0.00767 e. The van der Waals surface area contributed by atoms with Gasteiger partial charge in [0.25, 0.3) is 0 Å². The van der Waals surface area contributed by atoms with E-state index in [1.165, 1.54) is 58.4 Å². The minimum Gasteiger partial charge on any atom is -0.314 e. The number of nitrogens with zero attached hydrogens (tertiary/aromatic N) is 2. The molecule has 0 aromatic heterocycles. The summed E-state index contributed by atoms with van der Waals surface area (Å²) in [6.45, 7) is 15.5. The predicted octanol–water partition coefficient (Wildman–Crippen LogP) is 2.82. The van der Waals surface area contributed by atoms with Crippen LogP contribution in [0.3, 0.4) is 0 Å². The lowest BCUT2D eigenvalue weighted by Crippen LogP contribution is -2.43. The first-order chi connectivity index (χ1) is 9.52. The van der Waals surface area contributed by atoms with Crippen LogP contribution in [0.15, 0.2) is 0 Å². The van der Waals surface area contributed by atoms with Crippen molar-refractivity contribution in [3.63, 3.8) is 0 Å². The second-order valence-electron chi connectivity index (χ2n) is 6.99. The van der Waals surface area contributed by atoms with E-state index < -0.39 is 0 Å². The molecule has 3 nitrogen and oxygen atoms in total. The van der Waals surface area contributed by atoms with Gasteiger partial charge in [-0.1, -0.05) is 13.8 Å². The van der Waals surface area contributed by atoms with E-state index >= 15 is 0 Å². The molecular weight excluding hydrogens is 246 g/mol. The number of nitrogens with one attached hydrogen (secondary N) is 1. The highest BCUT2D eigenvalue weighted by atomic mass is 15.1. The summed E-state index contributed by atoms with van der Waals surface area (Å²) in [7, 11) is 2.24. The third kappa shape index (κ3) is 7.05. The zero-order valence-electron chi connectivity index (χ0n) is 14.5. The van der Waals surface area contributed by atoms with Crippen molar-refractivity contribution in [3.8, 4) is 0 Å². The molecule has 1 aliphatic rings. The number of rotatable bonds is 7. The standard InChI is InChI=1S/C17H37N3/c1-6-17-9-12-20(14-16(4)13-18-17)11-8-7-10-19(5)15(2)3/h15-18H,6-14H2,1-5H3. The molecule has 1 heterocycles. The molecule has 120 valence electrons. The van der Waals surface area contributed by atoms with Crippen molar-refractivity contribution in [2.24, 2.45) is 5.92 Å². The van der Waals surface area contributed by atoms with Crippen molar-refractivity contribution < 1.29 is 0 Å². The lowest BCUT2D eigenvalue weighted by Gasteiger charge is -2.32. The summed E-state index contributed by atoms with van der Waals surface area (Å²) in [4.78, 5) is 5.15. The van der Waals surface area contributed by atoms with Gasteiger partial charge < -0.3 is 15.1 Å². The van der Waals surface area contributed by atoms with Crippen molar-refractivity contribution in [3.05, 3.63) is 0 Å². The monoisotopic (exact) mass is 283 g/mol. The third-order valence-corrected chi connectivity index (χ3v) is 4.73. The minimum absolute atomic E-state index is 0.674. The van der Waals surface area contributed by atoms with E-state index in [1.54, 1.807) is 0 Å². The molecule has 1 rings (SSSR count). The first-order valence-electron chi connectivity index (χ1n) is 8.68. The van der Waals surface area contributed by atoms with E-state index in [4.69, 9.17) is 0 Å². The van der Waals surface area contributed by atoms with Crippen LogP contribution in [0.2, 0.25) is 0 Å². The fourth-order valence-corrected chi connectivity index (χ4v) is 2.91. The Morgan fingerprint density at radius 3 is 2.70 bits per heavy atom. The van der Waals surface area contributed by atoms with E-state index in [2.05, 4.69) is 49.9 Å². The van der Waals surface area contributed by atoms with Crippen LogP contribution in [-0.2, 0) is 0 Å². The zero-order chi connectivity index (χ0) is 15.0. The van der Waals surface area contributed by atoms with Crippen LogP contribution in [0.4, 0.5) is 0 Å². The topological polar surface area (TPSA) is 18.5 Å². The fourth-order valence-electron chi connectivity index (χ4n) is 2.91. The van der Waals surface area contributed by atoms with Gasteiger partial charge in [-0.2, -0.15) is 0 Å². The van der Waals surface area contributed by atoms with Crippen LogP contribution in [-0.4, -0.2) is 61.7 Å².